The molecule has 0 aromatic heterocycles. The lowest BCUT2D eigenvalue weighted by atomic mass is 10.4. The van der Waals surface area contributed by atoms with Crippen molar-refractivity contribution in [3.05, 3.63) is 0 Å². The topological polar surface area (TPSA) is 87.9 Å². The standard InChI is InChI=1S/C5H11NO5S/c1-5(2)9-3-4(10-5)11-12(6,7)8/h4H,3H2,1-2H3,(H2,6,7,8). The van der Waals surface area contributed by atoms with Crippen LogP contribution in [0.15, 0.2) is 0 Å². The summed E-state index contributed by atoms with van der Waals surface area (Å²) in [6, 6.07) is 0. The van der Waals surface area contributed by atoms with Gasteiger partial charge in [-0.2, -0.15) is 8.42 Å². The maximum atomic E-state index is 10.4. The van der Waals surface area contributed by atoms with Crippen LogP contribution in [0.1, 0.15) is 13.8 Å². The number of rotatable bonds is 2. The van der Waals surface area contributed by atoms with Crippen molar-refractivity contribution < 1.29 is 22.1 Å². The van der Waals surface area contributed by atoms with Gasteiger partial charge in [-0.1, -0.05) is 0 Å². The van der Waals surface area contributed by atoms with Crippen LogP contribution < -0.4 is 5.14 Å². The van der Waals surface area contributed by atoms with E-state index in [0.29, 0.717) is 0 Å². The Hall–Kier alpha value is -0.210. The Balaban J connectivity index is 2.49. The summed E-state index contributed by atoms with van der Waals surface area (Å²) in [5, 5.41) is 4.62. The normalized spacial score (nSPS) is 29.1. The van der Waals surface area contributed by atoms with Crippen molar-refractivity contribution in [3.8, 4) is 0 Å². The Morgan fingerprint density at radius 2 is 2.17 bits per heavy atom. The lowest BCUT2D eigenvalue weighted by molar-refractivity contribution is -0.166. The fourth-order valence-corrected chi connectivity index (χ4v) is 1.24. The molecule has 2 N–H and O–H groups in total. The molecule has 12 heavy (non-hydrogen) atoms. The van der Waals surface area contributed by atoms with E-state index in [4.69, 9.17) is 9.47 Å². The number of hydrogen-bond donors (Lipinski definition) is 1. The summed E-state index contributed by atoms with van der Waals surface area (Å²) in [5.41, 5.74) is 0. The molecule has 0 aromatic carbocycles. The van der Waals surface area contributed by atoms with Gasteiger partial charge in [0.2, 0.25) is 6.29 Å². The molecule has 0 amide bonds. The maximum Gasteiger partial charge on any atom is 0.335 e. The molecule has 0 bridgehead atoms. The third-order valence-corrected chi connectivity index (χ3v) is 1.71. The molecule has 0 aromatic rings. The summed E-state index contributed by atoms with van der Waals surface area (Å²) in [4.78, 5) is 0. The molecule has 1 saturated heterocycles. The van der Waals surface area contributed by atoms with Gasteiger partial charge in [-0.3, -0.25) is 0 Å². The molecule has 1 unspecified atom stereocenters. The van der Waals surface area contributed by atoms with Gasteiger partial charge in [0, 0.05) is 0 Å². The van der Waals surface area contributed by atoms with E-state index in [9.17, 15) is 8.42 Å². The Morgan fingerprint density at radius 3 is 2.50 bits per heavy atom. The van der Waals surface area contributed by atoms with Gasteiger partial charge in [0.05, 0.1) is 0 Å². The molecule has 1 aliphatic rings. The van der Waals surface area contributed by atoms with Gasteiger partial charge in [-0.05, 0) is 13.8 Å². The van der Waals surface area contributed by atoms with E-state index in [1.807, 2.05) is 0 Å². The Bertz CT molecular complexity index is 259. The van der Waals surface area contributed by atoms with Crippen LogP contribution in [0.4, 0.5) is 0 Å². The minimum absolute atomic E-state index is 0.0590. The Kier molecular flexibility index (Phi) is 2.41. The van der Waals surface area contributed by atoms with Gasteiger partial charge in [0.1, 0.15) is 6.61 Å². The van der Waals surface area contributed by atoms with Crippen molar-refractivity contribution in [2.75, 3.05) is 6.61 Å². The lowest BCUT2D eigenvalue weighted by Crippen LogP contribution is -2.27. The van der Waals surface area contributed by atoms with E-state index in [1.54, 1.807) is 13.8 Å². The predicted octanol–water partition coefficient (Wildman–Crippen LogP) is -0.684. The van der Waals surface area contributed by atoms with E-state index < -0.39 is 22.4 Å². The minimum Gasteiger partial charge on any atom is -0.345 e. The highest BCUT2D eigenvalue weighted by molar-refractivity contribution is 7.84. The van der Waals surface area contributed by atoms with Crippen LogP contribution in [-0.2, 0) is 24.0 Å². The minimum atomic E-state index is -3.96. The summed E-state index contributed by atoms with van der Waals surface area (Å²) < 4.78 is 35.2. The molecule has 6 nitrogen and oxygen atoms in total. The summed E-state index contributed by atoms with van der Waals surface area (Å²) >= 11 is 0. The van der Waals surface area contributed by atoms with E-state index in [0.717, 1.165) is 0 Å². The molecular weight excluding hydrogens is 186 g/mol. The molecule has 72 valence electrons. The van der Waals surface area contributed by atoms with Crippen molar-refractivity contribution in [1.29, 1.82) is 0 Å². The molecule has 7 heteroatoms. The summed E-state index contributed by atoms with van der Waals surface area (Å²) in [7, 11) is -3.96. The maximum absolute atomic E-state index is 10.4. The monoisotopic (exact) mass is 197 g/mol. The van der Waals surface area contributed by atoms with E-state index in [-0.39, 0.29) is 6.61 Å². The first-order valence-electron chi connectivity index (χ1n) is 3.31. The van der Waals surface area contributed by atoms with Crippen molar-refractivity contribution in [3.63, 3.8) is 0 Å². The lowest BCUT2D eigenvalue weighted by Gasteiger charge is -2.15. The molecule has 1 atom stereocenters. The molecule has 0 saturated carbocycles. The molecule has 0 radical (unpaired) electrons. The molecule has 1 fully saturated rings. The average Bonchev–Trinajstić information content (AvgIpc) is 2.05. The van der Waals surface area contributed by atoms with E-state index in [1.165, 1.54) is 0 Å². The van der Waals surface area contributed by atoms with Crippen LogP contribution in [0, 0.1) is 0 Å². The van der Waals surface area contributed by atoms with Crippen molar-refractivity contribution in [2.45, 2.75) is 25.9 Å². The molecule has 0 aliphatic carbocycles. The Labute approximate surface area is 70.8 Å². The first-order chi connectivity index (χ1) is 5.29. The highest BCUT2D eigenvalue weighted by atomic mass is 32.2. The summed E-state index contributed by atoms with van der Waals surface area (Å²) in [6.45, 7) is 3.36. The highest BCUT2D eigenvalue weighted by Crippen LogP contribution is 2.23. The third kappa shape index (κ3) is 3.03. The molecule has 0 spiro atoms. The van der Waals surface area contributed by atoms with Crippen LogP contribution in [0.25, 0.3) is 0 Å². The van der Waals surface area contributed by atoms with E-state index in [2.05, 4.69) is 9.32 Å². The van der Waals surface area contributed by atoms with Gasteiger partial charge < -0.3 is 9.47 Å². The van der Waals surface area contributed by atoms with Gasteiger partial charge in [-0.15, -0.1) is 0 Å². The average molecular weight is 197 g/mol. The SMILES string of the molecule is CC1(C)OCC(OS(N)(=O)=O)O1. The fraction of sp³-hybridized carbons (Fsp3) is 1.00. The van der Waals surface area contributed by atoms with Gasteiger partial charge in [0.15, 0.2) is 5.79 Å². The van der Waals surface area contributed by atoms with Crippen LogP contribution in [0.2, 0.25) is 0 Å². The van der Waals surface area contributed by atoms with Crippen LogP contribution in [-0.4, -0.2) is 27.1 Å². The second kappa shape index (κ2) is 2.93. The zero-order chi connectivity index (χ0) is 9.41. The van der Waals surface area contributed by atoms with Gasteiger partial charge in [-0.25, -0.2) is 9.32 Å². The quantitative estimate of drug-likeness (QED) is 0.633. The van der Waals surface area contributed by atoms with Crippen molar-refractivity contribution in [2.24, 2.45) is 5.14 Å². The fourth-order valence-electron chi connectivity index (χ4n) is 0.850. The molecule has 1 heterocycles. The number of nitrogens with two attached hydrogens (primary N) is 1. The van der Waals surface area contributed by atoms with Crippen LogP contribution >= 0.6 is 0 Å². The number of hydrogen-bond acceptors (Lipinski definition) is 5. The first kappa shape index (κ1) is 9.87. The molecular formula is C5H11NO5S. The van der Waals surface area contributed by atoms with Crippen molar-refractivity contribution in [1.82, 2.24) is 0 Å². The highest BCUT2D eigenvalue weighted by Gasteiger charge is 2.35. The van der Waals surface area contributed by atoms with Crippen LogP contribution in [0.5, 0.6) is 0 Å². The van der Waals surface area contributed by atoms with Crippen molar-refractivity contribution >= 4 is 10.3 Å². The van der Waals surface area contributed by atoms with E-state index >= 15 is 0 Å². The number of ether oxygens (including phenoxy) is 2. The largest absolute Gasteiger partial charge is 0.345 e. The molecule has 1 rings (SSSR count). The van der Waals surface area contributed by atoms with Crippen LogP contribution in [0.3, 0.4) is 0 Å². The zero-order valence-electron chi connectivity index (χ0n) is 6.81. The summed E-state index contributed by atoms with van der Waals surface area (Å²) in [5.74, 6) is -0.810. The smallest absolute Gasteiger partial charge is 0.335 e. The summed E-state index contributed by atoms with van der Waals surface area (Å²) in [6.07, 6.45) is -0.935. The Morgan fingerprint density at radius 1 is 1.58 bits per heavy atom. The predicted molar refractivity (Wildman–Crippen MR) is 39.1 cm³/mol. The first-order valence-corrected chi connectivity index (χ1v) is 4.78. The van der Waals surface area contributed by atoms with Gasteiger partial charge in [0.25, 0.3) is 0 Å². The molecule has 1 aliphatic heterocycles. The van der Waals surface area contributed by atoms with Gasteiger partial charge >= 0.3 is 10.3 Å². The second-order valence-electron chi connectivity index (χ2n) is 2.85. The zero-order valence-corrected chi connectivity index (χ0v) is 7.63. The third-order valence-electron chi connectivity index (χ3n) is 1.22. The second-order valence-corrected chi connectivity index (χ2v) is 4.03.